The van der Waals surface area contributed by atoms with E-state index in [1.165, 1.54) is 0 Å². The van der Waals surface area contributed by atoms with Gasteiger partial charge in [-0.2, -0.15) is 4.31 Å². The summed E-state index contributed by atoms with van der Waals surface area (Å²) < 4.78 is 43.6. The van der Waals surface area contributed by atoms with E-state index in [1.807, 2.05) is 0 Å². The Morgan fingerprint density at radius 2 is 2.04 bits per heavy atom. The molecule has 1 aromatic rings. The fraction of sp³-hybridized carbons (Fsp3) is 0.800. The predicted molar refractivity (Wildman–Crippen MR) is 82.6 cm³/mol. The van der Waals surface area contributed by atoms with Crippen LogP contribution >= 0.6 is 0 Å². The van der Waals surface area contributed by atoms with E-state index >= 15 is 0 Å². The molecule has 3 heterocycles. The van der Waals surface area contributed by atoms with Gasteiger partial charge in [0.15, 0.2) is 5.76 Å². The van der Waals surface area contributed by atoms with Crippen LogP contribution in [0.15, 0.2) is 9.42 Å². The number of sulfonamides is 1. The molecule has 0 saturated carbocycles. The van der Waals surface area contributed by atoms with E-state index in [0.29, 0.717) is 44.4 Å². The van der Waals surface area contributed by atoms with E-state index < -0.39 is 10.0 Å². The number of methoxy groups -OCH3 is 1. The van der Waals surface area contributed by atoms with Crippen LogP contribution in [-0.2, 0) is 19.5 Å². The molecule has 0 aromatic carbocycles. The molecule has 1 unspecified atom stereocenters. The first-order valence-electron chi connectivity index (χ1n) is 7.90. The third-order valence-corrected chi connectivity index (χ3v) is 7.26. The van der Waals surface area contributed by atoms with Crippen molar-refractivity contribution in [1.82, 2.24) is 9.46 Å². The molecule has 3 rings (SSSR count). The van der Waals surface area contributed by atoms with Crippen LogP contribution in [-0.4, -0.2) is 57.9 Å². The first kappa shape index (κ1) is 16.9. The van der Waals surface area contributed by atoms with Gasteiger partial charge in [-0.1, -0.05) is 5.16 Å². The molecule has 0 bridgehead atoms. The number of rotatable bonds is 4. The average Bonchev–Trinajstić information content (AvgIpc) is 3.03. The largest absolute Gasteiger partial charge is 0.384 e. The van der Waals surface area contributed by atoms with Crippen LogP contribution < -0.4 is 0 Å². The highest BCUT2D eigenvalue weighted by molar-refractivity contribution is 7.89. The van der Waals surface area contributed by atoms with E-state index in [4.69, 9.17) is 14.0 Å². The molecular formula is C15H24N2O5S. The lowest BCUT2D eigenvalue weighted by atomic mass is 9.72. The maximum atomic E-state index is 13.1. The van der Waals surface area contributed by atoms with Crippen LogP contribution in [0, 0.1) is 25.2 Å². The normalized spacial score (nSPS) is 25.3. The zero-order valence-electron chi connectivity index (χ0n) is 13.9. The van der Waals surface area contributed by atoms with Gasteiger partial charge in [-0.25, -0.2) is 8.42 Å². The Labute approximate surface area is 137 Å². The van der Waals surface area contributed by atoms with Crippen LogP contribution in [0.5, 0.6) is 0 Å². The molecule has 23 heavy (non-hydrogen) atoms. The first-order valence-corrected chi connectivity index (χ1v) is 9.34. The summed E-state index contributed by atoms with van der Waals surface area (Å²) in [6.45, 7) is 6.21. The van der Waals surface area contributed by atoms with E-state index in [0.717, 1.165) is 12.8 Å². The Morgan fingerprint density at radius 3 is 2.61 bits per heavy atom. The second-order valence-corrected chi connectivity index (χ2v) is 8.45. The quantitative estimate of drug-likeness (QED) is 0.820. The van der Waals surface area contributed by atoms with Gasteiger partial charge in [0.2, 0.25) is 10.0 Å². The lowest BCUT2D eigenvalue weighted by molar-refractivity contribution is -0.0162. The Kier molecular flexibility index (Phi) is 4.52. The number of hydrogen-bond acceptors (Lipinski definition) is 6. The number of aryl methyl sites for hydroxylation is 2. The van der Waals surface area contributed by atoms with Crippen molar-refractivity contribution in [3.8, 4) is 0 Å². The summed E-state index contributed by atoms with van der Waals surface area (Å²) in [5.74, 6) is 0.533. The molecule has 1 aromatic heterocycles. The summed E-state index contributed by atoms with van der Waals surface area (Å²) in [7, 11) is -1.94. The van der Waals surface area contributed by atoms with E-state index in [1.54, 1.807) is 25.3 Å². The maximum absolute atomic E-state index is 13.1. The van der Waals surface area contributed by atoms with Gasteiger partial charge >= 0.3 is 0 Å². The highest BCUT2D eigenvalue weighted by atomic mass is 32.2. The number of ether oxygens (including phenoxy) is 2. The molecule has 0 N–H and O–H groups in total. The average molecular weight is 344 g/mol. The molecule has 1 atom stereocenters. The summed E-state index contributed by atoms with van der Waals surface area (Å²) in [6.07, 6.45) is 1.74. The number of nitrogens with zero attached hydrogens (tertiary/aromatic N) is 2. The lowest BCUT2D eigenvalue weighted by Gasteiger charge is -2.37. The Morgan fingerprint density at radius 1 is 1.35 bits per heavy atom. The number of aromatic nitrogens is 1. The van der Waals surface area contributed by atoms with Crippen molar-refractivity contribution in [3.05, 3.63) is 11.5 Å². The maximum Gasteiger partial charge on any atom is 0.248 e. The predicted octanol–water partition coefficient (Wildman–Crippen LogP) is 1.36. The summed E-state index contributed by atoms with van der Waals surface area (Å²) in [5.41, 5.74) is 0.360. The van der Waals surface area contributed by atoms with Gasteiger partial charge in [0.05, 0.1) is 6.61 Å². The molecular weight excluding hydrogens is 320 g/mol. The van der Waals surface area contributed by atoms with Crippen molar-refractivity contribution in [2.45, 2.75) is 31.6 Å². The van der Waals surface area contributed by atoms with Crippen LogP contribution in [0.3, 0.4) is 0 Å². The summed E-state index contributed by atoms with van der Waals surface area (Å²) in [5, 5.41) is 3.79. The summed E-state index contributed by atoms with van der Waals surface area (Å²) >= 11 is 0. The molecule has 8 heteroatoms. The Bertz CT molecular complexity index is 644. The molecule has 2 aliphatic heterocycles. The second-order valence-electron chi connectivity index (χ2n) is 6.58. The van der Waals surface area contributed by atoms with Gasteiger partial charge in [0.25, 0.3) is 0 Å². The third-order valence-electron chi connectivity index (χ3n) is 5.20. The molecule has 2 aliphatic rings. The Balaban J connectivity index is 1.92. The van der Waals surface area contributed by atoms with Gasteiger partial charge < -0.3 is 14.0 Å². The van der Waals surface area contributed by atoms with E-state index in [9.17, 15) is 8.42 Å². The smallest absolute Gasteiger partial charge is 0.248 e. The second kappa shape index (κ2) is 6.16. The molecule has 130 valence electrons. The standard InChI is InChI=1S/C15H24N2O5S/c1-11-14(12(2)22-16-11)23(18,19)17-8-13(9-20-3)15(10-17)4-6-21-7-5-15/h13H,4-10H2,1-3H3. The highest BCUT2D eigenvalue weighted by Crippen LogP contribution is 2.46. The van der Waals surface area contributed by atoms with Crippen molar-refractivity contribution < 1.29 is 22.4 Å². The molecule has 2 fully saturated rings. The van der Waals surface area contributed by atoms with E-state index in [2.05, 4.69) is 5.16 Å². The molecule has 7 nitrogen and oxygen atoms in total. The number of hydrogen-bond donors (Lipinski definition) is 0. The van der Waals surface area contributed by atoms with Crippen molar-refractivity contribution in [2.24, 2.45) is 11.3 Å². The molecule has 0 amide bonds. The van der Waals surface area contributed by atoms with Crippen LogP contribution in [0.2, 0.25) is 0 Å². The topological polar surface area (TPSA) is 81.9 Å². The summed E-state index contributed by atoms with van der Waals surface area (Å²) in [4.78, 5) is 0.206. The SMILES string of the molecule is COCC1CN(S(=O)(=O)c2c(C)noc2C)CC12CCOCC2. The third kappa shape index (κ3) is 2.82. The minimum absolute atomic E-state index is 0.0553. The van der Waals surface area contributed by atoms with Crippen molar-refractivity contribution in [1.29, 1.82) is 0 Å². The van der Waals surface area contributed by atoms with Crippen LogP contribution in [0.4, 0.5) is 0 Å². The lowest BCUT2D eigenvalue weighted by Crippen LogP contribution is -2.39. The van der Waals surface area contributed by atoms with Gasteiger partial charge in [-0.05, 0) is 32.1 Å². The molecule has 1 spiro atoms. The minimum atomic E-state index is -3.60. The summed E-state index contributed by atoms with van der Waals surface area (Å²) in [6, 6.07) is 0. The highest BCUT2D eigenvalue weighted by Gasteiger charge is 2.51. The molecule has 2 saturated heterocycles. The minimum Gasteiger partial charge on any atom is -0.384 e. The van der Waals surface area contributed by atoms with Gasteiger partial charge in [0, 0.05) is 39.3 Å². The van der Waals surface area contributed by atoms with Gasteiger partial charge in [-0.3, -0.25) is 0 Å². The van der Waals surface area contributed by atoms with Crippen molar-refractivity contribution in [3.63, 3.8) is 0 Å². The van der Waals surface area contributed by atoms with Gasteiger partial charge in [-0.15, -0.1) is 0 Å². The van der Waals surface area contributed by atoms with Crippen LogP contribution in [0.25, 0.3) is 0 Å². The monoisotopic (exact) mass is 344 g/mol. The van der Waals surface area contributed by atoms with E-state index in [-0.39, 0.29) is 16.2 Å². The molecule has 0 aliphatic carbocycles. The molecule has 0 radical (unpaired) electrons. The van der Waals surface area contributed by atoms with Crippen LogP contribution in [0.1, 0.15) is 24.3 Å². The fourth-order valence-corrected chi connectivity index (χ4v) is 5.79. The first-order chi connectivity index (χ1) is 10.9. The zero-order chi connectivity index (χ0) is 16.7. The van der Waals surface area contributed by atoms with Crippen molar-refractivity contribution in [2.75, 3.05) is 40.0 Å². The fourth-order valence-electron chi connectivity index (χ4n) is 3.91. The van der Waals surface area contributed by atoms with Crippen molar-refractivity contribution >= 4 is 10.0 Å². The Hall–Kier alpha value is -0.960. The zero-order valence-corrected chi connectivity index (χ0v) is 14.7. The van der Waals surface area contributed by atoms with Gasteiger partial charge in [0.1, 0.15) is 10.6 Å².